The van der Waals surface area contributed by atoms with E-state index in [0.29, 0.717) is 0 Å². The van der Waals surface area contributed by atoms with Gasteiger partial charge >= 0.3 is 5.97 Å². The monoisotopic (exact) mass is 356 g/mol. The first-order chi connectivity index (χ1) is 11.1. The Labute approximate surface area is 140 Å². The minimum atomic E-state index is -3.99. The third-order valence-electron chi connectivity index (χ3n) is 3.95. The Morgan fingerprint density at radius 1 is 1.33 bits per heavy atom. The van der Waals surface area contributed by atoms with Gasteiger partial charge < -0.3 is 15.6 Å². The molecule has 2 atom stereocenters. The van der Waals surface area contributed by atoms with Gasteiger partial charge in [0.2, 0.25) is 10.0 Å². The number of esters is 1. The summed E-state index contributed by atoms with van der Waals surface area (Å²) in [4.78, 5) is 22.8. The molecule has 1 heterocycles. The van der Waals surface area contributed by atoms with Crippen LogP contribution in [0, 0.1) is 13.8 Å². The fraction of sp³-hybridized carbons (Fsp3) is 0.467. The number of primary amides is 1. The number of amides is 1. The van der Waals surface area contributed by atoms with E-state index in [0.717, 1.165) is 15.4 Å². The van der Waals surface area contributed by atoms with Crippen molar-refractivity contribution in [3.8, 4) is 0 Å². The van der Waals surface area contributed by atoms with Crippen molar-refractivity contribution in [3.05, 3.63) is 29.3 Å². The molecule has 2 unspecified atom stereocenters. The molecule has 1 aliphatic heterocycles. The van der Waals surface area contributed by atoms with Crippen LogP contribution < -0.4 is 5.73 Å². The Morgan fingerprint density at radius 3 is 2.58 bits per heavy atom. The maximum atomic E-state index is 12.8. The van der Waals surface area contributed by atoms with E-state index in [9.17, 15) is 23.1 Å². The van der Waals surface area contributed by atoms with E-state index >= 15 is 0 Å². The topological polar surface area (TPSA) is 127 Å². The summed E-state index contributed by atoms with van der Waals surface area (Å²) in [5, 5.41) is 9.80. The summed E-state index contributed by atoms with van der Waals surface area (Å²) in [7, 11) is -3.99. The molecule has 0 aromatic heterocycles. The lowest BCUT2D eigenvalue weighted by Gasteiger charge is -2.22. The molecule has 132 valence electrons. The van der Waals surface area contributed by atoms with E-state index in [2.05, 4.69) is 0 Å². The molecule has 0 aliphatic carbocycles. The number of ether oxygens (including phenoxy) is 1. The van der Waals surface area contributed by atoms with Crippen LogP contribution in [-0.2, 0) is 24.3 Å². The summed E-state index contributed by atoms with van der Waals surface area (Å²) < 4.78 is 31.2. The smallest absolute Gasteiger partial charge is 0.325 e. The van der Waals surface area contributed by atoms with E-state index < -0.39 is 40.7 Å². The van der Waals surface area contributed by atoms with Gasteiger partial charge in [0.05, 0.1) is 11.0 Å². The quantitative estimate of drug-likeness (QED) is 0.682. The lowest BCUT2D eigenvalue weighted by Crippen LogP contribution is -2.42. The molecular formula is C15H20N2O6S. The van der Waals surface area contributed by atoms with Crippen LogP contribution in [-0.4, -0.2) is 55.0 Å². The average molecular weight is 356 g/mol. The van der Waals surface area contributed by atoms with Gasteiger partial charge in [-0.2, -0.15) is 4.31 Å². The highest BCUT2D eigenvalue weighted by Crippen LogP contribution is 2.28. The molecule has 0 spiro atoms. The zero-order valence-corrected chi connectivity index (χ0v) is 14.2. The molecule has 1 saturated heterocycles. The van der Waals surface area contributed by atoms with Crippen LogP contribution in [0.5, 0.6) is 0 Å². The molecule has 3 N–H and O–H groups in total. The number of aliphatic hydroxyl groups is 1. The number of rotatable bonds is 5. The SMILES string of the molecule is Cc1ccc(S(=O)(=O)N2CC(O)CC2C(=O)OCC(N)=O)cc1C. The number of hydrogen-bond donors (Lipinski definition) is 2. The number of benzene rings is 1. The maximum Gasteiger partial charge on any atom is 0.325 e. The van der Waals surface area contributed by atoms with Crippen LogP contribution in [0.2, 0.25) is 0 Å². The molecule has 1 amide bonds. The number of carbonyl (C=O) groups is 2. The van der Waals surface area contributed by atoms with Gasteiger partial charge in [-0.05, 0) is 37.1 Å². The normalized spacial score (nSPS) is 21.6. The minimum absolute atomic E-state index is 0.0346. The lowest BCUT2D eigenvalue weighted by molar-refractivity contribution is -0.151. The van der Waals surface area contributed by atoms with Crippen molar-refractivity contribution >= 4 is 21.9 Å². The Bertz CT molecular complexity index is 761. The van der Waals surface area contributed by atoms with Gasteiger partial charge in [-0.3, -0.25) is 9.59 Å². The summed E-state index contributed by atoms with van der Waals surface area (Å²) in [6.45, 7) is 2.79. The van der Waals surface area contributed by atoms with Gasteiger partial charge in [-0.15, -0.1) is 0 Å². The summed E-state index contributed by atoms with van der Waals surface area (Å²) in [6.07, 6.45) is -1.08. The molecule has 1 aromatic rings. The van der Waals surface area contributed by atoms with Crippen LogP contribution >= 0.6 is 0 Å². The van der Waals surface area contributed by atoms with Crippen molar-refractivity contribution in [3.63, 3.8) is 0 Å². The van der Waals surface area contributed by atoms with Crippen LogP contribution in [0.25, 0.3) is 0 Å². The molecule has 1 fully saturated rings. The number of nitrogens with zero attached hydrogens (tertiary/aromatic N) is 1. The first kappa shape index (κ1) is 18.4. The van der Waals surface area contributed by atoms with Crippen LogP contribution in [0.3, 0.4) is 0 Å². The van der Waals surface area contributed by atoms with E-state index in [1.807, 2.05) is 6.92 Å². The second kappa shape index (κ2) is 6.88. The van der Waals surface area contributed by atoms with Crippen LogP contribution in [0.4, 0.5) is 0 Å². The number of aliphatic hydroxyl groups excluding tert-OH is 1. The second-order valence-corrected chi connectivity index (χ2v) is 7.69. The van der Waals surface area contributed by atoms with Crippen molar-refractivity contribution in [2.24, 2.45) is 5.73 Å². The zero-order chi connectivity index (χ0) is 18.1. The lowest BCUT2D eigenvalue weighted by atomic mass is 10.1. The van der Waals surface area contributed by atoms with Crippen molar-refractivity contribution in [2.45, 2.75) is 37.3 Å². The molecule has 0 bridgehead atoms. The van der Waals surface area contributed by atoms with Crippen molar-refractivity contribution in [2.75, 3.05) is 13.2 Å². The number of nitrogens with two attached hydrogens (primary N) is 1. The van der Waals surface area contributed by atoms with Crippen molar-refractivity contribution < 1.29 is 27.9 Å². The van der Waals surface area contributed by atoms with Crippen LogP contribution in [0.15, 0.2) is 23.1 Å². The average Bonchev–Trinajstić information content (AvgIpc) is 2.90. The number of sulfonamides is 1. The van der Waals surface area contributed by atoms with E-state index in [-0.39, 0.29) is 17.9 Å². The van der Waals surface area contributed by atoms with E-state index in [4.69, 9.17) is 10.5 Å². The van der Waals surface area contributed by atoms with Crippen molar-refractivity contribution in [1.82, 2.24) is 4.31 Å². The highest BCUT2D eigenvalue weighted by molar-refractivity contribution is 7.89. The maximum absolute atomic E-state index is 12.8. The largest absolute Gasteiger partial charge is 0.454 e. The molecule has 8 nitrogen and oxygen atoms in total. The molecule has 1 aliphatic rings. The van der Waals surface area contributed by atoms with Gasteiger partial charge in [-0.1, -0.05) is 6.07 Å². The summed E-state index contributed by atoms with van der Waals surface area (Å²) in [6, 6.07) is 3.45. The molecule has 2 rings (SSSR count). The number of aryl methyl sites for hydroxylation is 2. The van der Waals surface area contributed by atoms with Gasteiger partial charge in [0.15, 0.2) is 6.61 Å². The summed E-state index contributed by atoms with van der Waals surface area (Å²) in [5.41, 5.74) is 6.64. The second-order valence-electron chi connectivity index (χ2n) is 5.80. The predicted molar refractivity (Wildman–Crippen MR) is 84.4 cm³/mol. The first-order valence-corrected chi connectivity index (χ1v) is 8.79. The molecule has 0 radical (unpaired) electrons. The molecule has 9 heteroatoms. The first-order valence-electron chi connectivity index (χ1n) is 7.35. The number of β-amino-alcohol motifs (C(OH)–C–C–N with tert-alkyl or cyclic N) is 1. The van der Waals surface area contributed by atoms with Crippen molar-refractivity contribution in [1.29, 1.82) is 0 Å². The fourth-order valence-corrected chi connectivity index (χ4v) is 4.22. The third kappa shape index (κ3) is 3.74. The third-order valence-corrected chi connectivity index (χ3v) is 5.82. The Hall–Kier alpha value is -1.97. The highest BCUT2D eigenvalue weighted by Gasteiger charge is 2.44. The predicted octanol–water partition coefficient (Wildman–Crippen LogP) is -0.544. The van der Waals surface area contributed by atoms with Gasteiger partial charge in [0.25, 0.3) is 5.91 Å². The van der Waals surface area contributed by atoms with E-state index in [1.165, 1.54) is 12.1 Å². The van der Waals surface area contributed by atoms with Gasteiger partial charge in [-0.25, -0.2) is 8.42 Å². The molecule has 0 saturated carbocycles. The summed E-state index contributed by atoms with van der Waals surface area (Å²) in [5.74, 6) is -1.75. The molecular weight excluding hydrogens is 336 g/mol. The van der Waals surface area contributed by atoms with Gasteiger partial charge in [0.1, 0.15) is 6.04 Å². The standard InChI is InChI=1S/C15H20N2O6S/c1-9-3-4-12(5-10(9)2)24(21,22)17-7-11(18)6-13(17)15(20)23-8-14(16)19/h3-5,11,13,18H,6-8H2,1-2H3,(H2,16,19). The fourth-order valence-electron chi connectivity index (χ4n) is 2.51. The zero-order valence-electron chi connectivity index (χ0n) is 13.4. The minimum Gasteiger partial charge on any atom is -0.454 e. The molecule has 1 aromatic carbocycles. The summed E-state index contributed by atoms with van der Waals surface area (Å²) >= 11 is 0. The Kier molecular flexibility index (Phi) is 5.26. The molecule has 24 heavy (non-hydrogen) atoms. The Balaban J connectivity index is 2.30. The number of carbonyl (C=O) groups excluding carboxylic acids is 2. The highest BCUT2D eigenvalue weighted by atomic mass is 32.2. The van der Waals surface area contributed by atoms with Crippen LogP contribution in [0.1, 0.15) is 17.5 Å². The van der Waals surface area contributed by atoms with Gasteiger partial charge in [0, 0.05) is 13.0 Å². The van der Waals surface area contributed by atoms with E-state index in [1.54, 1.807) is 13.0 Å². The number of hydrogen-bond acceptors (Lipinski definition) is 6. The Morgan fingerprint density at radius 2 is 2.00 bits per heavy atom.